The van der Waals surface area contributed by atoms with E-state index in [9.17, 15) is 9.59 Å². The normalized spacial score (nSPS) is 20.3. The topological polar surface area (TPSA) is 58.6 Å². The summed E-state index contributed by atoms with van der Waals surface area (Å²) in [4.78, 5) is 24.5. The molecule has 1 unspecified atom stereocenters. The van der Waals surface area contributed by atoms with Gasteiger partial charge in [-0.1, -0.05) is 6.58 Å². The molecule has 1 saturated heterocycles. The second-order valence-corrected chi connectivity index (χ2v) is 4.05. The molecule has 96 valence electrons. The number of carbonyl (C=O) groups is 2. The van der Waals surface area contributed by atoms with E-state index in [1.54, 1.807) is 11.8 Å². The SMILES string of the molecule is C=CC(=O)NC1CCCCN(C(=O)OCC)C1. The molecular weight excluding hydrogens is 220 g/mol. The summed E-state index contributed by atoms with van der Waals surface area (Å²) in [6.45, 7) is 6.78. The van der Waals surface area contributed by atoms with E-state index in [0.717, 1.165) is 19.3 Å². The Bertz CT molecular complexity index is 291. The Labute approximate surface area is 102 Å². The van der Waals surface area contributed by atoms with Gasteiger partial charge in [-0.05, 0) is 32.3 Å². The smallest absolute Gasteiger partial charge is 0.409 e. The summed E-state index contributed by atoms with van der Waals surface area (Å²) in [6.07, 6.45) is 3.78. The van der Waals surface area contributed by atoms with Crippen molar-refractivity contribution in [2.24, 2.45) is 0 Å². The first-order valence-corrected chi connectivity index (χ1v) is 6.02. The van der Waals surface area contributed by atoms with Crippen LogP contribution in [0.15, 0.2) is 12.7 Å². The third kappa shape index (κ3) is 4.46. The van der Waals surface area contributed by atoms with Crippen molar-refractivity contribution in [1.29, 1.82) is 0 Å². The second kappa shape index (κ2) is 6.93. The van der Waals surface area contributed by atoms with Gasteiger partial charge in [-0.3, -0.25) is 4.79 Å². The third-order valence-corrected chi connectivity index (χ3v) is 2.73. The maximum absolute atomic E-state index is 11.6. The molecule has 1 N–H and O–H groups in total. The number of rotatable bonds is 3. The molecule has 5 heteroatoms. The Kier molecular flexibility index (Phi) is 5.52. The first-order chi connectivity index (χ1) is 8.17. The molecule has 0 spiro atoms. The highest BCUT2D eigenvalue weighted by Gasteiger charge is 2.23. The molecule has 1 fully saturated rings. The highest BCUT2D eigenvalue weighted by atomic mass is 16.6. The predicted octanol–water partition coefficient (Wildman–Crippen LogP) is 1.30. The highest BCUT2D eigenvalue weighted by molar-refractivity contribution is 5.87. The molecule has 1 heterocycles. The van der Waals surface area contributed by atoms with Crippen LogP contribution in [0.5, 0.6) is 0 Å². The number of carbonyl (C=O) groups excluding carboxylic acids is 2. The average molecular weight is 240 g/mol. The van der Waals surface area contributed by atoms with E-state index in [0.29, 0.717) is 19.7 Å². The zero-order valence-electron chi connectivity index (χ0n) is 10.3. The van der Waals surface area contributed by atoms with E-state index in [2.05, 4.69) is 11.9 Å². The summed E-state index contributed by atoms with van der Waals surface area (Å²) in [7, 11) is 0. The molecule has 0 aromatic heterocycles. The number of nitrogens with one attached hydrogen (secondary N) is 1. The number of amides is 2. The van der Waals surface area contributed by atoms with E-state index >= 15 is 0 Å². The molecular formula is C12H20N2O3. The Morgan fingerprint density at radius 3 is 2.94 bits per heavy atom. The lowest BCUT2D eigenvalue weighted by Gasteiger charge is -2.23. The monoisotopic (exact) mass is 240 g/mol. The van der Waals surface area contributed by atoms with Crippen molar-refractivity contribution >= 4 is 12.0 Å². The van der Waals surface area contributed by atoms with Crippen molar-refractivity contribution in [3.8, 4) is 0 Å². The molecule has 0 aromatic carbocycles. The Morgan fingerprint density at radius 1 is 1.53 bits per heavy atom. The van der Waals surface area contributed by atoms with Crippen LogP contribution in [0, 0.1) is 0 Å². The number of ether oxygens (including phenoxy) is 1. The van der Waals surface area contributed by atoms with Gasteiger partial charge in [-0.25, -0.2) is 4.79 Å². The van der Waals surface area contributed by atoms with Gasteiger partial charge in [-0.15, -0.1) is 0 Å². The van der Waals surface area contributed by atoms with E-state index in [4.69, 9.17) is 4.74 Å². The molecule has 0 radical (unpaired) electrons. The zero-order valence-corrected chi connectivity index (χ0v) is 10.3. The molecule has 0 aromatic rings. The number of hydrogen-bond donors (Lipinski definition) is 1. The van der Waals surface area contributed by atoms with Crippen molar-refractivity contribution in [3.05, 3.63) is 12.7 Å². The molecule has 0 saturated carbocycles. The predicted molar refractivity (Wildman–Crippen MR) is 64.6 cm³/mol. The van der Waals surface area contributed by atoms with Crippen LogP contribution in [0.1, 0.15) is 26.2 Å². The fraction of sp³-hybridized carbons (Fsp3) is 0.667. The Morgan fingerprint density at radius 2 is 2.29 bits per heavy atom. The van der Waals surface area contributed by atoms with Gasteiger partial charge >= 0.3 is 6.09 Å². The summed E-state index contributed by atoms with van der Waals surface area (Å²) >= 11 is 0. The van der Waals surface area contributed by atoms with Gasteiger partial charge in [0.25, 0.3) is 0 Å². The summed E-state index contributed by atoms with van der Waals surface area (Å²) in [5, 5.41) is 2.83. The van der Waals surface area contributed by atoms with Gasteiger partial charge in [0, 0.05) is 19.1 Å². The molecule has 1 aliphatic heterocycles. The van der Waals surface area contributed by atoms with Crippen LogP contribution in [-0.2, 0) is 9.53 Å². The largest absolute Gasteiger partial charge is 0.450 e. The number of likely N-dealkylation sites (tertiary alicyclic amines) is 1. The van der Waals surface area contributed by atoms with Crippen molar-refractivity contribution in [3.63, 3.8) is 0 Å². The molecule has 1 rings (SSSR count). The molecule has 1 aliphatic rings. The van der Waals surface area contributed by atoms with Crippen molar-refractivity contribution in [2.45, 2.75) is 32.2 Å². The van der Waals surface area contributed by atoms with Crippen LogP contribution in [-0.4, -0.2) is 42.6 Å². The van der Waals surface area contributed by atoms with Crippen LogP contribution in [0.3, 0.4) is 0 Å². The quantitative estimate of drug-likeness (QED) is 0.756. The van der Waals surface area contributed by atoms with Crippen LogP contribution in [0.2, 0.25) is 0 Å². The lowest BCUT2D eigenvalue weighted by Crippen LogP contribution is -2.44. The second-order valence-electron chi connectivity index (χ2n) is 4.05. The van der Waals surface area contributed by atoms with E-state index in [-0.39, 0.29) is 18.0 Å². The van der Waals surface area contributed by atoms with Crippen LogP contribution in [0.25, 0.3) is 0 Å². The van der Waals surface area contributed by atoms with Gasteiger partial charge in [-0.2, -0.15) is 0 Å². The molecule has 1 atom stereocenters. The highest BCUT2D eigenvalue weighted by Crippen LogP contribution is 2.11. The maximum atomic E-state index is 11.6. The van der Waals surface area contributed by atoms with Crippen molar-refractivity contribution in [1.82, 2.24) is 10.2 Å². The fourth-order valence-electron chi connectivity index (χ4n) is 1.90. The summed E-state index contributed by atoms with van der Waals surface area (Å²) in [5.41, 5.74) is 0. The minimum absolute atomic E-state index is 0.00703. The molecule has 0 aliphatic carbocycles. The average Bonchev–Trinajstić information content (AvgIpc) is 2.55. The standard InChI is InChI=1S/C12H20N2O3/c1-3-11(15)13-10-7-5-6-8-14(9-10)12(16)17-4-2/h3,10H,1,4-9H2,2H3,(H,13,15). The lowest BCUT2D eigenvalue weighted by atomic mass is 10.1. The van der Waals surface area contributed by atoms with Gasteiger partial charge in [0.15, 0.2) is 0 Å². The number of hydrogen-bond acceptors (Lipinski definition) is 3. The molecule has 5 nitrogen and oxygen atoms in total. The van der Waals surface area contributed by atoms with Gasteiger partial charge in [0.2, 0.25) is 5.91 Å². The Hall–Kier alpha value is -1.52. The molecule has 17 heavy (non-hydrogen) atoms. The van der Waals surface area contributed by atoms with Gasteiger partial charge < -0.3 is 15.0 Å². The van der Waals surface area contributed by atoms with Crippen molar-refractivity contribution in [2.75, 3.05) is 19.7 Å². The Balaban J connectivity index is 2.53. The third-order valence-electron chi connectivity index (χ3n) is 2.73. The zero-order chi connectivity index (χ0) is 12.7. The minimum atomic E-state index is -0.299. The van der Waals surface area contributed by atoms with Gasteiger partial charge in [0.05, 0.1) is 6.61 Å². The maximum Gasteiger partial charge on any atom is 0.409 e. The van der Waals surface area contributed by atoms with Gasteiger partial charge in [0.1, 0.15) is 0 Å². The van der Waals surface area contributed by atoms with Crippen molar-refractivity contribution < 1.29 is 14.3 Å². The summed E-state index contributed by atoms with van der Waals surface area (Å²) < 4.78 is 4.97. The van der Waals surface area contributed by atoms with Crippen LogP contribution < -0.4 is 5.32 Å². The molecule has 0 bridgehead atoms. The summed E-state index contributed by atoms with van der Waals surface area (Å²) in [5.74, 6) is -0.194. The van der Waals surface area contributed by atoms with E-state index in [1.807, 2.05) is 0 Å². The first kappa shape index (κ1) is 13.5. The minimum Gasteiger partial charge on any atom is -0.450 e. The lowest BCUT2D eigenvalue weighted by molar-refractivity contribution is -0.117. The number of nitrogens with zero attached hydrogens (tertiary/aromatic N) is 1. The van der Waals surface area contributed by atoms with Crippen LogP contribution >= 0.6 is 0 Å². The van der Waals surface area contributed by atoms with E-state index < -0.39 is 0 Å². The molecule has 2 amide bonds. The summed E-state index contributed by atoms with van der Waals surface area (Å²) in [6, 6.07) is -0.00703. The first-order valence-electron chi connectivity index (χ1n) is 6.02. The van der Waals surface area contributed by atoms with Crippen LogP contribution in [0.4, 0.5) is 4.79 Å². The fourth-order valence-corrected chi connectivity index (χ4v) is 1.90. The van der Waals surface area contributed by atoms with E-state index in [1.165, 1.54) is 6.08 Å².